The van der Waals surface area contributed by atoms with Crippen LogP contribution in [0, 0.1) is 5.82 Å². The Morgan fingerprint density at radius 1 is 1.18 bits per heavy atom. The van der Waals surface area contributed by atoms with E-state index in [-0.39, 0.29) is 5.02 Å². The molecule has 0 aliphatic rings. The molecule has 0 aromatic heterocycles. The number of benzene rings is 2. The summed E-state index contributed by atoms with van der Waals surface area (Å²) in [6.07, 6.45) is 0. The fourth-order valence-corrected chi connectivity index (χ4v) is 2.56. The summed E-state index contributed by atoms with van der Waals surface area (Å²) >= 11 is 10.4. The second-order valence-corrected chi connectivity index (χ2v) is 5.80. The average molecular weight is 333 g/mol. The first-order valence-corrected chi connectivity index (χ1v) is 6.73. The highest BCUT2D eigenvalue weighted by Gasteiger charge is 2.07. The number of nitrogens with two attached hydrogens (primary N) is 1. The van der Waals surface area contributed by atoms with Crippen LogP contribution in [-0.2, 0) is 0 Å². The Morgan fingerprint density at radius 3 is 2.47 bits per heavy atom. The topological polar surface area (TPSA) is 26.0 Å². The van der Waals surface area contributed by atoms with E-state index in [1.165, 1.54) is 23.9 Å². The van der Waals surface area contributed by atoms with Crippen LogP contribution in [0.4, 0.5) is 10.1 Å². The lowest BCUT2D eigenvalue weighted by atomic mass is 10.3. The van der Waals surface area contributed by atoms with Crippen molar-refractivity contribution in [3.05, 3.63) is 51.7 Å². The molecule has 0 saturated carbocycles. The molecule has 2 N–H and O–H groups in total. The Hall–Kier alpha value is -0.710. The molecule has 0 bridgehead atoms. The molecule has 0 aliphatic carbocycles. The van der Waals surface area contributed by atoms with Gasteiger partial charge in [-0.15, -0.1) is 0 Å². The molecule has 0 unspecified atom stereocenters. The van der Waals surface area contributed by atoms with Crippen molar-refractivity contribution in [3.8, 4) is 0 Å². The van der Waals surface area contributed by atoms with Crippen molar-refractivity contribution < 1.29 is 4.39 Å². The van der Waals surface area contributed by atoms with E-state index < -0.39 is 5.82 Å². The molecule has 17 heavy (non-hydrogen) atoms. The zero-order chi connectivity index (χ0) is 12.4. The number of nitrogen functional groups attached to an aromatic ring is 1. The summed E-state index contributed by atoms with van der Waals surface area (Å²) in [5.41, 5.74) is 6.26. The highest BCUT2D eigenvalue weighted by molar-refractivity contribution is 9.10. The molecule has 0 fully saturated rings. The molecule has 0 saturated heterocycles. The fourth-order valence-electron chi connectivity index (χ4n) is 1.26. The molecule has 1 nitrogen and oxygen atoms in total. The van der Waals surface area contributed by atoms with Crippen LogP contribution in [0.2, 0.25) is 5.02 Å². The van der Waals surface area contributed by atoms with Gasteiger partial charge in [0, 0.05) is 20.0 Å². The Kier molecular flexibility index (Phi) is 3.97. The summed E-state index contributed by atoms with van der Waals surface area (Å²) in [6.45, 7) is 0. The van der Waals surface area contributed by atoms with Crippen LogP contribution >= 0.6 is 39.3 Å². The molecule has 2 aromatic rings. The number of anilines is 1. The van der Waals surface area contributed by atoms with Gasteiger partial charge < -0.3 is 5.73 Å². The summed E-state index contributed by atoms with van der Waals surface area (Å²) in [6, 6.07) is 10.5. The summed E-state index contributed by atoms with van der Waals surface area (Å²) in [7, 11) is 0. The minimum absolute atomic E-state index is 0.0441. The first-order valence-electron chi connectivity index (χ1n) is 4.74. The average Bonchev–Trinajstić information content (AvgIpc) is 2.29. The largest absolute Gasteiger partial charge is 0.398 e. The lowest BCUT2D eigenvalue weighted by molar-refractivity contribution is 0.625. The van der Waals surface area contributed by atoms with Crippen molar-refractivity contribution in [2.75, 3.05) is 5.73 Å². The second kappa shape index (κ2) is 5.29. The predicted molar refractivity (Wildman–Crippen MR) is 74.1 cm³/mol. The maximum absolute atomic E-state index is 13.3. The molecule has 0 aliphatic heterocycles. The van der Waals surface area contributed by atoms with Gasteiger partial charge in [0.25, 0.3) is 0 Å². The molecule has 0 atom stereocenters. The summed E-state index contributed by atoms with van der Waals surface area (Å²) in [4.78, 5) is 1.65. The quantitative estimate of drug-likeness (QED) is 0.785. The van der Waals surface area contributed by atoms with Gasteiger partial charge in [0.15, 0.2) is 0 Å². The lowest BCUT2D eigenvalue weighted by Crippen LogP contribution is -1.90. The van der Waals surface area contributed by atoms with Crippen molar-refractivity contribution in [2.45, 2.75) is 9.79 Å². The van der Waals surface area contributed by atoms with E-state index in [4.69, 9.17) is 17.3 Å². The van der Waals surface area contributed by atoms with E-state index in [1.54, 1.807) is 0 Å². The third-order valence-electron chi connectivity index (χ3n) is 2.09. The van der Waals surface area contributed by atoms with Crippen molar-refractivity contribution in [1.29, 1.82) is 0 Å². The Balaban J connectivity index is 2.30. The first-order chi connectivity index (χ1) is 8.06. The zero-order valence-electron chi connectivity index (χ0n) is 8.58. The molecule has 88 valence electrons. The number of hydrogen-bond acceptors (Lipinski definition) is 2. The van der Waals surface area contributed by atoms with E-state index in [0.29, 0.717) is 10.6 Å². The number of rotatable bonds is 2. The molecule has 2 aromatic carbocycles. The Labute approximate surface area is 116 Å². The molecule has 0 spiro atoms. The molecule has 5 heteroatoms. The molecule has 0 radical (unpaired) electrons. The van der Waals surface area contributed by atoms with Crippen LogP contribution in [0.25, 0.3) is 0 Å². The maximum atomic E-state index is 13.3. The Morgan fingerprint density at radius 2 is 1.82 bits per heavy atom. The van der Waals surface area contributed by atoms with Crippen molar-refractivity contribution in [2.24, 2.45) is 0 Å². The van der Waals surface area contributed by atoms with Crippen LogP contribution in [0.15, 0.2) is 50.7 Å². The van der Waals surface area contributed by atoms with Crippen LogP contribution in [0.5, 0.6) is 0 Å². The van der Waals surface area contributed by atoms with Gasteiger partial charge in [0.1, 0.15) is 5.82 Å². The first kappa shape index (κ1) is 12.7. The number of hydrogen-bond donors (Lipinski definition) is 1. The van der Waals surface area contributed by atoms with Gasteiger partial charge in [-0.1, -0.05) is 39.3 Å². The van der Waals surface area contributed by atoms with Gasteiger partial charge in [-0.2, -0.15) is 0 Å². The SMILES string of the molecule is Nc1cc(Cl)c(F)cc1Sc1ccc(Br)cc1. The van der Waals surface area contributed by atoms with Crippen LogP contribution < -0.4 is 5.73 Å². The van der Waals surface area contributed by atoms with Gasteiger partial charge in [0.05, 0.1) is 5.02 Å². The van der Waals surface area contributed by atoms with E-state index in [2.05, 4.69) is 15.9 Å². The minimum Gasteiger partial charge on any atom is -0.398 e. The normalized spacial score (nSPS) is 10.5. The zero-order valence-corrected chi connectivity index (χ0v) is 11.7. The predicted octanol–water partition coefficient (Wildman–Crippen LogP) is 4.98. The highest BCUT2D eigenvalue weighted by atomic mass is 79.9. The van der Waals surface area contributed by atoms with Crippen molar-refractivity contribution in [1.82, 2.24) is 0 Å². The summed E-state index contributed by atoms with van der Waals surface area (Å²) in [5, 5.41) is 0.0441. The smallest absolute Gasteiger partial charge is 0.143 e. The molecule has 2 rings (SSSR count). The van der Waals surface area contributed by atoms with E-state index in [1.807, 2.05) is 24.3 Å². The van der Waals surface area contributed by atoms with E-state index in [0.717, 1.165) is 9.37 Å². The molecule has 0 heterocycles. The van der Waals surface area contributed by atoms with Gasteiger partial charge in [-0.05, 0) is 36.4 Å². The maximum Gasteiger partial charge on any atom is 0.143 e. The molecular weight excluding hydrogens is 325 g/mol. The monoisotopic (exact) mass is 331 g/mol. The van der Waals surface area contributed by atoms with Crippen LogP contribution in [0.3, 0.4) is 0 Å². The van der Waals surface area contributed by atoms with Crippen LogP contribution in [0.1, 0.15) is 0 Å². The summed E-state index contributed by atoms with van der Waals surface area (Å²) < 4.78 is 14.3. The summed E-state index contributed by atoms with van der Waals surface area (Å²) in [5.74, 6) is -0.458. The lowest BCUT2D eigenvalue weighted by Gasteiger charge is -2.06. The Bertz CT molecular complexity index is 545. The van der Waals surface area contributed by atoms with Crippen molar-refractivity contribution >= 4 is 45.0 Å². The van der Waals surface area contributed by atoms with Gasteiger partial charge in [0.2, 0.25) is 0 Å². The minimum atomic E-state index is -0.458. The van der Waals surface area contributed by atoms with Crippen LogP contribution in [-0.4, -0.2) is 0 Å². The fraction of sp³-hybridized carbons (Fsp3) is 0. The standard InChI is InChI=1S/C12H8BrClFNS/c13-7-1-3-8(4-2-7)17-12-6-10(15)9(14)5-11(12)16/h1-6H,16H2. The van der Waals surface area contributed by atoms with E-state index >= 15 is 0 Å². The van der Waals surface area contributed by atoms with Gasteiger partial charge in [-0.25, -0.2) is 4.39 Å². The van der Waals surface area contributed by atoms with Crippen molar-refractivity contribution in [3.63, 3.8) is 0 Å². The number of halogens is 3. The third kappa shape index (κ3) is 3.15. The van der Waals surface area contributed by atoms with Gasteiger partial charge in [-0.3, -0.25) is 0 Å². The van der Waals surface area contributed by atoms with E-state index in [9.17, 15) is 4.39 Å². The second-order valence-electron chi connectivity index (χ2n) is 3.36. The molecular formula is C12H8BrClFNS. The molecule has 0 amide bonds. The van der Waals surface area contributed by atoms with Gasteiger partial charge >= 0.3 is 0 Å². The highest BCUT2D eigenvalue weighted by Crippen LogP contribution is 2.35. The third-order valence-corrected chi connectivity index (χ3v) is 3.99.